The Morgan fingerprint density at radius 1 is 1.04 bits per heavy atom. The van der Waals surface area contributed by atoms with Gasteiger partial charge in [0.2, 0.25) is 0 Å². The van der Waals surface area contributed by atoms with Crippen molar-refractivity contribution in [3.05, 3.63) is 76.3 Å². The Bertz CT molecular complexity index is 1000. The van der Waals surface area contributed by atoms with E-state index in [9.17, 15) is 4.79 Å². The number of benzene rings is 3. The predicted molar refractivity (Wildman–Crippen MR) is 113 cm³/mol. The standard InChI is InChI=1S/C21H19ClN2OS/c1-3-14-8-4-7-13(2)19(14)23-21(26)24-20(25)17-11-5-10-16-15(17)9-6-12-18(16)22/h4-12H,3H2,1-2H3,(H2,23,24,25,26). The zero-order valence-corrected chi connectivity index (χ0v) is 16.2. The van der Waals surface area contributed by atoms with Gasteiger partial charge in [0.25, 0.3) is 5.91 Å². The molecule has 2 N–H and O–H groups in total. The fourth-order valence-electron chi connectivity index (χ4n) is 2.99. The lowest BCUT2D eigenvalue weighted by Gasteiger charge is -2.15. The number of anilines is 1. The molecule has 0 saturated carbocycles. The molecule has 1 amide bonds. The van der Waals surface area contributed by atoms with Crippen LogP contribution in [0.25, 0.3) is 10.8 Å². The second-order valence-electron chi connectivity index (χ2n) is 6.01. The molecule has 3 aromatic rings. The first-order valence-corrected chi connectivity index (χ1v) is 9.18. The Morgan fingerprint density at radius 3 is 2.50 bits per heavy atom. The van der Waals surface area contributed by atoms with Gasteiger partial charge in [-0.15, -0.1) is 0 Å². The number of rotatable bonds is 3. The first-order valence-electron chi connectivity index (χ1n) is 8.39. The molecular weight excluding hydrogens is 364 g/mol. The lowest BCUT2D eigenvalue weighted by molar-refractivity contribution is 0.0979. The highest BCUT2D eigenvalue weighted by atomic mass is 35.5. The van der Waals surface area contributed by atoms with Crippen LogP contribution in [0.2, 0.25) is 5.02 Å². The van der Waals surface area contributed by atoms with Gasteiger partial charge in [-0.05, 0) is 54.2 Å². The number of halogens is 1. The molecule has 0 spiro atoms. The van der Waals surface area contributed by atoms with Crippen LogP contribution in [-0.2, 0) is 6.42 Å². The highest BCUT2D eigenvalue weighted by Gasteiger charge is 2.14. The summed E-state index contributed by atoms with van der Waals surface area (Å²) in [5.74, 6) is -0.262. The average Bonchev–Trinajstić information content (AvgIpc) is 2.63. The van der Waals surface area contributed by atoms with E-state index in [0.717, 1.165) is 34.0 Å². The van der Waals surface area contributed by atoms with Gasteiger partial charge in [0, 0.05) is 21.7 Å². The van der Waals surface area contributed by atoms with E-state index < -0.39 is 0 Å². The van der Waals surface area contributed by atoms with Crippen LogP contribution in [0.5, 0.6) is 0 Å². The first kappa shape index (κ1) is 18.4. The van der Waals surface area contributed by atoms with Crippen molar-refractivity contribution >= 4 is 51.3 Å². The number of amides is 1. The molecule has 0 aromatic heterocycles. The molecule has 3 nitrogen and oxygen atoms in total. The van der Waals surface area contributed by atoms with Gasteiger partial charge in [-0.25, -0.2) is 0 Å². The van der Waals surface area contributed by atoms with Gasteiger partial charge in [0.1, 0.15) is 0 Å². The van der Waals surface area contributed by atoms with Gasteiger partial charge in [0.15, 0.2) is 5.11 Å². The monoisotopic (exact) mass is 382 g/mol. The molecule has 0 bridgehead atoms. The van der Waals surface area contributed by atoms with E-state index in [1.807, 2.05) is 55.5 Å². The lowest BCUT2D eigenvalue weighted by Crippen LogP contribution is -2.34. The summed E-state index contributed by atoms with van der Waals surface area (Å²) in [7, 11) is 0. The highest BCUT2D eigenvalue weighted by molar-refractivity contribution is 7.80. The van der Waals surface area contributed by atoms with Crippen LogP contribution >= 0.6 is 23.8 Å². The minimum atomic E-state index is -0.262. The van der Waals surface area contributed by atoms with Crippen molar-refractivity contribution in [3.63, 3.8) is 0 Å². The van der Waals surface area contributed by atoms with Crippen molar-refractivity contribution in [3.8, 4) is 0 Å². The SMILES string of the molecule is CCc1cccc(C)c1NC(=S)NC(=O)c1cccc2c(Cl)cccc12. The summed E-state index contributed by atoms with van der Waals surface area (Å²) in [5.41, 5.74) is 3.72. The predicted octanol–water partition coefficient (Wildman–Crippen LogP) is 5.49. The van der Waals surface area contributed by atoms with Crippen LogP contribution in [0.15, 0.2) is 54.6 Å². The molecule has 0 heterocycles. The van der Waals surface area contributed by atoms with Crippen LogP contribution in [0.3, 0.4) is 0 Å². The van der Waals surface area contributed by atoms with Crippen molar-refractivity contribution in [2.45, 2.75) is 20.3 Å². The lowest BCUT2D eigenvalue weighted by atomic mass is 10.0. The van der Waals surface area contributed by atoms with Gasteiger partial charge in [-0.1, -0.05) is 61.0 Å². The molecule has 0 unspecified atom stereocenters. The second kappa shape index (κ2) is 7.85. The average molecular weight is 383 g/mol. The number of nitrogens with one attached hydrogen (secondary N) is 2. The van der Waals surface area contributed by atoms with E-state index in [-0.39, 0.29) is 11.0 Å². The zero-order valence-electron chi connectivity index (χ0n) is 14.6. The Hall–Kier alpha value is -2.43. The fourth-order valence-corrected chi connectivity index (χ4v) is 3.42. The van der Waals surface area contributed by atoms with Crippen LogP contribution in [0.1, 0.15) is 28.4 Å². The smallest absolute Gasteiger partial charge is 0.258 e. The van der Waals surface area contributed by atoms with E-state index in [1.54, 1.807) is 6.07 Å². The second-order valence-corrected chi connectivity index (χ2v) is 6.83. The number of carbonyl (C=O) groups excluding carboxylic acids is 1. The Labute approximate surface area is 163 Å². The van der Waals surface area contributed by atoms with Gasteiger partial charge >= 0.3 is 0 Å². The van der Waals surface area contributed by atoms with Crippen LogP contribution < -0.4 is 10.6 Å². The molecule has 0 saturated heterocycles. The minimum Gasteiger partial charge on any atom is -0.332 e. The topological polar surface area (TPSA) is 41.1 Å². The van der Waals surface area contributed by atoms with Crippen molar-refractivity contribution in [1.82, 2.24) is 5.32 Å². The number of aryl methyl sites for hydroxylation is 2. The maximum Gasteiger partial charge on any atom is 0.258 e. The molecule has 0 fully saturated rings. The van der Waals surface area contributed by atoms with Crippen molar-refractivity contribution in [2.75, 3.05) is 5.32 Å². The highest BCUT2D eigenvalue weighted by Crippen LogP contribution is 2.26. The number of hydrogen-bond donors (Lipinski definition) is 2. The zero-order chi connectivity index (χ0) is 18.7. The maximum atomic E-state index is 12.7. The number of hydrogen-bond acceptors (Lipinski definition) is 2. The van der Waals surface area contributed by atoms with Crippen molar-refractivity contribution in [2.24, 2.45) is 0 Å². The maximum absolute atomic E-state index is 12.7. The first-order chi connectivity index (χ1) is 12.5. The molecular formula is C21H19ClN2OS. The third-order valence-electron chi connectivity index (χ3n) is 4.32. The van der Waals surface area contributed by atoms with E-state index >= 15 is 0 Å². The Balaban J connectivity index is 1.83. The normalized spacial score (nSPS) is 10.6. The van der Waals surface area contributed by atoms with E-state index in [4.69, 9.17) is 23.8 Å². The summed E-state index contributed by atoms with van der Waals surface area (Å²) in [6.07, 6.45) is 0.877. The Morgan fingerprint density at radius 2 is 1.73 bits per heavy atom. The van der Waals surface area contributed by atoms with Gasteiger partial charge < -0.3 is 5.32 Å². The van der Waals surface area contributed by atoms with Crippen LogP contribution in [0.4, 0.5) is 5.69 Å². The van der Waals surface area contributed by atoms with Crippen molar-refractivity contribution < 1.29 is 4.79 Å². The molecule has 3 aromatic carbocycles. The third-order valence-corrected chi connectivity index (χ3v) is 4.85. The minimum absolute atomic E-state index is 0.262. The quantitative estimate of drug-likeness (QED) is 0.588. The molecule has 0 atom stereocenters. The molecule has 0 aliphatic rings. The molecule has 0 aliphatic heterocycles. The van der Waals surface area contributed by atoms with Gasteiger partial charge in [0.05, 0.1) is 0 Å². The summed E-state index contributed by atoms with van der Waals surface area (Å²) in [5, 5.41) is 8.47. The molecule has 26 heavy (non-hydrogen) atoms. The third kappa shape index (κ3) is 3.71. The van der Waals surface area contributed by atoms with Crippen LogP contribution in [-0.4, -0.2) is 11.0 Å². The molecule has 0 radical (unpaired) electrons. The fraction of sp³-hybridized carbons (Fsp3) is 0.143. The molecule has 5 heteroatoms. The summed E-state index contributed by atoms with van der Waals surface area (Å²) in [6, 6.07) is 17.1. The van der Waals surface area contributed by atoms with E-state index in [0.29, 0.717) is 10.6 Å². The van der Waals surface area contributed by atoms with Gasteiger partial charge in [-0.2, -0.15) is 0 Å². The van der Waals surface area contributed by atoms with Crippen molar-refractivity contribution in [1.29, 1.82) is 0 Å². The van der Waals surface area contributed by atoms with E-state index in [2.05, 4.69) is 17.6 Å². The number of carbonyl (C=O) groups is 1. The number of thiocarbonyl (C=S) groups is 1. The molecule has 3 rings (SSSR count). The number of fused-ring (bicyclic) bond motifs is 1. The Kier molecular flexibility index (Phi) is 5.55. The molecule has 132 valence electrons. The summed E-state index contributed by atoms with van der Waals surface area (Å²) >= 11 is 11.6. The molecule has 0 aliphatic carbocycles. The van der Waals surface area contributed by atoms with E-state index in [1.165, 1.54) is 0 Å². The van der Waals surface area contributed by atoms with Gasteiger partial charge in [-0.3, -0.25) is 10.1 Å². The number of para-hydroxylation sites is 1. The van der Waals surface area contributed by atoms with Crippen LogP contribution in [0, 0.1) is 6.92 Å². The summed E-state index contributed by atoms with van der Waals surface area (Å²) in [4.78, 5) is 12.7. The summed E-state index contributed by atoms with van der Waals surface area (Å²) in [6.45, 7) is 4.10. The summed E-state index contributed by atoms with van der Waals surface area (Å²) < 4.78 is 0. The largest absolute Gasteiger partial charge is 0.332 e.